The number of fused-ring (bicyclic) bond motifs is 1. The van der Waals surface area contributed by atoms with Gasteiger partial charge in [-0.05, 0) is 55.8 Å². The second-order valence-electron chi connectivity index (χ2n) is 7.78. The third kappa shape index (κ3) is 6.80. The van der Waals surface area contributed by atoms with Gasteiger partial charge in [0.1, 0.15) is 12.3 Å². The molecule has 0 spiro atoms. The highest BCUT2D eigenvalue weighted by Gasteiger charge is 2.17. The number of aromatic nitrogens is 1. The lowest BCUT2D eigenvalue weighted by Gasteiger charge is -2.06. The van der Waals surface area contributed by atoms with Crippen LogP contribution < -0.4 is 9.54 Å². The zero-order valence-electron chi connectivity index (χ0n) is 20.0. The lowest BCUT2D eigenvalue weighted by molar-refractivity contribution is -0.143. The maximum Gasteiger partial charge on any atom is 0.326 e. The molecule has 3 aromatic rings. The summed E-state index contributed by atoms with van der Waals surface area (Å²) in [5.41, 5.74) is 0.522. The number of hydrogen-bond acceptors (Lipinski definition) is 9. The Morgan fingerprint density at radius 3 is 2.31 bits per heavy atom. The van der Waals surface area contributed by atoms with Crippen LogP contribution in [0.15, 0.2) is 57.2 Å². The predicted molar refractivity (Wildman–Crippen MR) is 134 cm³/mol. The number of sulfone groups is 2. The number of rotatable bonds is 10. The van der Waals surface area contributed by atoms with E-state index in [0.717, 1.165) is 17.6 Å². The summed E-state index contributed by atoms with van der Waals surface area (Å²) in [6.45, 7) is 1.62. The van der Waals surface area contributed by atoms with Crippen LogP contribution in [0, 0.1) is 0 Å². The van der Waals surface area contributed by atoms with Crippen molar-refractivity contribution in [3.8, 4) is 5.75 Å². The standard InChI is InChI=1S/C23H26N2O8S3/c1-4-33-22(27)15-25-19-12-11-18(35(3,28)29)14-20(19)34-23(25)24-21(26)6-5-13-36(30,31)17-9-7-16(32-2)8-10-17/h7-12,14H,4-6,13,15H2,1-3H3. The number of thiazole rings is 1. The molecule has 2 aromatic carbocycles. The van der Waals surface area contributed by atoms with Crippen molar-refractivity contribution >= 4 is 53.1 Å². The molecule has 194 valence electrons. The van der Waals surface area contributed by atoms with Crippen molar-refractivity contribution < 1.29 is 35.9 Å². The van der Waals surface area contributed by atoms with Gasteiger partial charge >= 0.3 is 5.97 Å². The first kappa shape index (κ1) is 27.6. The molecular formula is C23H26N2O8S3. The van der Waals surface area contributed by atoms with Gasteiger partial charge in [-0.25, -0.2) is 16.8 Å². The van der Waals surface area contributed by atoms with Crippen LogP contribution >= 0.6 is 11.3 Å². The predicted octanol–water partition coefficient (Wildman–Crippen LogP) is 2.36. The zero-order valence-corrected chi connectivity index (χ0v) is 22.4. The molecule has 0 saturated heterocycles. The summed E-state index contributed by atoms with van der Waals surface area (Å²) in [7, 11) is -5.57. The maximum absolute atomic E-state index is 12.6. The highest BCUT2D eigenvalue weighted by molar-refractivity contribution is 7.91. The Balaban J connectivity index is 1.84. The molecule has 0 aliphatic carbocycles. The van der Waals surface area contributed by atoms with E-state index in [2.05, 4.69) is 4.99 Å². The minimum atomic E-state index is -3.59. The van der Waals surface area contributed by atoms with Crippen LogP contribution in [0.1, 0.15) is 19.8 Å². The average Bonchev–Trinajstić information content (AvgIpc) is 3.14. The normalized spacial score (nSPS) is 12.6. The Morgan fingerprint density at radius 2 is 1.69 bits per heavy atom. The fourth-order valence-electron chi connectivity index (χ4n) is 3.33. The van der Waals surface area contributed by atoms with Gasteiger partial charge in [0.2, 0.25) is 5.91 Å². The summed E-state index contributed by atoms with van der Waals surface area (Å²) in [6, 6.07) is 10.4. The van der Waals surface area contributed by atoms with Crippen LogP contribution in [0.2, 0.25) is 0 Å². The van der Waals surface area contributed by atoms with Gasteiger partial charge in [-0.2, -0.15) is 4.99 Å². The van der Waals surface area contributed by atoms with E-state index < -0.39 is 31.6 Å². The van der Waals surface area contributed by atoms with E-state index in [1.165, 1.54) is 35.9 Å². The van der Waals surface area contributed by atoms with E-state index >= 15 is 0 Å². The van der Waals surface area contributed by atoms with Crippen molar-refractivity contribution in [2.75, 3.05) is 25.7 Å². The van der Waals surface area contributed by atoms with Crippen LogP contribution in [0.3, 0.4) is 0 Å². The van der Waals surface area contributed by atoms with E-state index in [9.17, 15) is 26.4 Å². The van der Waals surface area contributed by atoms with Crippen molar-refractivity contribution in [3.63, 3.8) is 0 Å². The Bertz CT molecular complexity index is 1550. The number of amides is 1. The van der Waals surface area contributed by atoms with E-state index in [0.29, 0.717) is 16.0 Å². The van der Waals surface area contributed by atoms with Crippen LogP contribution in [-0.2, 0) is 40.5 Å². The van der Waals surface area contributed by atoms with Gasteiger partial charge < -0.3 is 14.0 Å². The van der Waals surface area contributed by atoms with Crippen molar-refractivity contribution in [3.05, 3.63) is 47.3 Å². The maximum atomic E-state index is 12.6. The molecule has 0 N–H and O–H groups in total. The van der Waals surface area contributed by atoms with E-state index in [1.807, 2.05) is 0 Å². The lowest BCUT2D eigenvalue weighted by atomic mass is 10.3. The number of methoxy groups -OCH3 is 1. The zero-order chi connectivity index (χ0) is 26.5. The second-order valence-corrected chi connectivity index (χ2v) is 12.9. The molecule has 0 saturated carbocycles. The monoisotopic (exact) mass is 554 g/mol. The lowest BCUT2D eigenvalue weighted by Crippen LogP contribution is -2.23. The molecule has 1 aromatic heterocycles. The summed E-state index contributed by atoms with van der Waals surface area (Å²) in [6.07, 6.45) is 1.01. The number of carbonyl (C=O) groups excluding carboxylic acids is 2. The molecule has 10 nitrogen and oxygen atoms in total. The first-order valence-electron chi connectivity index (χ1n) is 10.9. The summed E-state index contributed by atoms with van der Waals surface area (Å²) >= 11 is 1.06. The van der Waals surface area contributed by atoms with Gasteiger partial charge in [-0.15, -0.1) is 0 Å². The highest BCUT2D eigenvalue weighted by Crippen LogP contribution is 2.22. The molecule has 0 unspecified atom stereocenters. The Kier molecular flexibility index (Phi) is 8.69. The van der Waals surface area contributed by atoms with Crippen LogP contribution in [-0.4, -0.2) is 59.0 Å². The quantitative estimate of drug-likeness (QED) is 0.348. The fraction of sp³-hybridized carbons (Fsp3) is 0.348. The van der Waals surface area contributed by atoms with Gasteiger partial charge in [0.25, 0.3) is 0 Å². The number of nitrogens with zero attached hydrogens (tertiary/aromatic N) is 2. The molecule has 3 rings (SSSR count). The van der Waals surface area contributed by atoms with Crippen LogP contribution in [0.25, 0.3) is 10.2 Å². The minimum absolute atomic E-state index is 0.0533. The SMILES string of the molecule is CCOC(=O)Cn1c(=NC(=O)CCCS(=O)(=O)c2ccc(OC)cc2)sc2cc(S(C)(=O)=O)ccc21. The Morgan fingerprint density at radius 1 is 1.03 bits per heavy atom. The highest BCUT2D eigenvalue weighted by atomic mass is 32.2. The molecule has 1 amide bonds. The van der Waals surface area contributed by atoms with Crippen LogP contribution in [0.4, 0.5) is 0 Å². The Labute approximate surface area is 213 Å². The molecule has 0 radical (unpaired) electrons. The van der Waals surface area contributed by atoms with Crippen molar-refractivity contribution in [2.24, 2.45) is 4.99 Å². The number of hydrogen-bond donors (Lipinski definition) is 0. The summed E-state index contributed by atoms with van der Waals surface area (Å²) < 4.78 is 61.0. The smallest absolute Gasteiger partial charge is 0.326 e. The van der Waals surface area contributed by atoms with E-state index in [1.54, 1.807) is 25.1 Å². The van der Waals surface area contributed by atoms with Gasteiger partial charge in [0.15, 0.2) is 24.5 Å². The first-order chi connectivity index (χ1) is 16.9. The molecule has 1 heterocycles. The van der Waals surface area contributed by atoms with Crippen molar-refractivity contribution in [1.29, 1.82) is 0 Å². The molecule has 0 atom stereocenters. The minimum Gasteiger partial charge on any atom is -0.497 e. The van der Waals surface area contributed by atoms with Gasteiger partial charge in [-0.3, -0.25) is 9.59 Å². The summed E-state index contributed by atoms with van der Waals surface area (Å²) in [5, 5.41) is 0. The number of carbonyl (C=O) groups is 2. The molecule has 13 heteroatoms. The van der Waals surface area contributed by atoms with Crippen molar-refractivity contribution in [2.45, 2.75) is 36.1 Å². The molecule has 0 aliphatic rings. The topological polar surface area (TPSA) is 138 Å². The van der Waals surface area contributed by atoms with Gasteiger partial charge in [0, 0.05) is 12.7 Å². The third-order valence-corrected chi connectivity index (χ3v) is 9.09. The second kappa shape index (κ2) is 11.4. The first-order valence-corrected chi connectivity index (χ1v) is 15.2. The molecule has 36 heavy (non-hydrogen) atoms. The molecule has 0 fully saturated rings. The summed E-state index contributed by atoms with van der Waals surface area (Å²) in [4.78, 5) is 29.2. The summed E-state index contributed by atoms with van der Waals surface area (Å²) in [5.74, 6) is -0.810. The van der Waals surface area contributed by atoms with Gasteiger partial charge in [-0.1, -0.05) is 11.3 Å². The number of ether oxygens (including phenoxy) is 2. The number of benzene rings is 2. The van der Waals surface area contributed by atoms with Gasteiger partial charge in [0.05, 0.1) is 39.5 Å². The number of esters is 1. The third-order valence-electron chi connectivity index (χ3n) is 5.12. The fourth-order valence-corrected chi connectivity index (χ4v) is 6.45. The average molecular weight is 555 g/mol. The van der Waals surface area contributed by atoms with Crippen LogP contribution in [0.5, 0.6) is 5.75 Å². The van der Waals surface area contributed by atoms with Crippen molar-refractivity contribution in [1.82, 2.24) is 4.57 Å². The largest absolute Gasteiger partial charge is 0.497 e. The van der Waals surface area contributed by atoms with E-state index in [4.69, 9.17) is 9.47 Å². The molecule has 0 aliphatic heterocycles. The molecular weight excluding hydrogens is 528 g/mol. The molecule has 0 bridgehead atoms. The Hall–Kier alpha value is -3.03. The van der Waals surface area contributed by atoms with E-state index in [-0.39, 0.29) is 46.3 Å².